The predicted molar refractivity (Wildman–Crippen MR) is 83.9 cm³/mol. The minimum absolute atomic E-state index is 0.540. The molecule has 19 heavy (non-hydrogen) atoms. The van der Waals surface area contributed by atoms with Crippen LogP contribution in [0.4, 0.5) is 0 Å². The largest absolute Gasteiger partial charge is 0.313 e. The van der Waals surface area contributed by atoms with Gasteiger partial charge >= 0.3 is 0 Å². The lowest BCUT2D eigenvalue weighted by Gasteiger charge is -2.36. The number of rotatable bonds is 3. The summed E-state index contributed by atoms with van der Waals surface area (Å²) in [7, 11) is 0. The van der Waals surface area contributed by atoms with E-state index in [9.17, 15) is 0 Å². The summed E-state index contributed by atoms with van der Waals surface area (Å²) < 4.78 is 0. The normalized spacial score (nSPS) is 29.2. The van der Waals surface area contributed by atoms with Crippen molar-refractivity contribution in [2.24, 2.45) is 5.41 Å². The molecule has 2 heteroatoms. The van der Waals surface area contributed by atoms with Crippen LogP contribution in [0, 0.1) is 5.41 Å². The summed E-state index contributed by atoms with van der Waals surface area (Å²) in [6.45, 7) is 5.99. The summed E-state index contributed by atoms with van der Waals surface area (Å²) in [6, 6.07) is 9.66. The molecule has 1 heterocycles. The van der Waals surface area contributed by atoms with Crippen LogP contribution in [0.1, 0.15) is 51.0 Å². The first kappa shape index (κ1) is 13.5. The van der Waals surface area contributed by atoms with E-state index in [1.54, 1.807) is 5.56 Å². The fourth-order valence-electron chi connectivity index (χ4n) is 3.58. The highest BCUT2D eigenvalue weighted by Crippen LogP contribution is 2.39. The average Bonchev–Trinajstić information content (AvgIpc) is 2.78. The van der Waals surface area contributed by atoms with E-state index in [0.717, 1.165) is 12.6 Å². The van der Waals surface area contributed by atoms with Crippen LogP contribution in [-0.4, -0.2) is 18.3 Å². The number of benzene rings is 1. The zero-order chi connectivity index (χ0) is 13.3. The molecule has 2 unspecified atom stereocenters. The smallest absolute Gasteiger partial charge is 0.0108 e. The third-order valence-corrected chi connectivity index (χ3v) is 5.91. The topological polar surface area (TPSA) is 12.0 Å². The Labute approximate surface area is 121 Å². The molecule has 1 fully saturated rings. The first-order valence-corrected chi connectivity index (χ1v) is 8.58. The number of fused-ring (bicyclic) bond motifs is 1. The number of hydrogen-bond donors (Lipinski definition) is 1. The third-order valence-electron chi connectivity index (χ3n) is 4.66. The van der Waals surface area contributed by atoms with E-state index < -0.39 is 0 Å². The van der Waals surface area contributed by atoms with Crippen molar-refractivity contribution in [1.82, 2.24) is 5.32 Å². The number of thioether (sulfide) groups is 1. The molecule has 3 rings (SSSR count). The lowest BCUT2D eigenvalue weighted by molar-refractivity contribution is 0.198. The van der Waals surface area contributed by atoms with E-state index in [4.69, 9.17) is 0 Å². The van der Waals surface area contributed by atoms with Gasteiger partial charge in [-0.1, -0.05) is 38.5 Å². The van der Waals surface area contributed by atoms with Crippen molar-refractivity contribution in [3.63, 3.8) is 0 Å². The molecule has 0 aromatic heterocycles. The quantitative estimate of drug-likeness (QED) is 0.875. The fourth-order valence-corrected chi connectivity index (χ4v) is 4.83. The second-order valence-electron chi connectivity index (χ2n) is 6.91. The van der Waals surface area contributed by atoms with Gasteiger partial charge in [0.1, 0.15) is 0 Å². The second kappa shape index (κ2) is 5.49. The highest BCUT2D eigenvalue weighted by Gasteiger charge is 2.29. The highest BCUT2D eigenvalue weighted by molar-refractivity contribution is 7.99. The zero-order valence-corrected chi connectivity index (χ0v) is 12.9. The van der Waals surface area contributed by atoms with E-state index in [1.807, 2.05) is 11.8 Å². The summed E-state index contributed by atoms with van der Waals surface area (Å²) in [5.41, 5.74) is 2.10. The molecule has 104 valence electrons. The van der Waals surface area contributed by atoms with Crippen molar-refractivity contribution in [3.8, 4) is 0 Å². The molecule has 2 atom stereocenters. The predicted octanol–water partition coefficient (Wildman–Crippen LogP) is 4.43. The minimum atomic E-state index is 0.540. The summed E-state index contributed by atoms with van der Waals surface area (Å²) in [6.07, 6.45) is 5.49. The molecule has 0 spiro atoms. The van der Waals surface area contributed by atoms with Gasteiger partial charge in [0, 0.05) is 29.2 Å². The molecule has 1 aromatic carbocycles. The van der Waals surface area contributed by atoms with E-state index in [-0.39, 0.29) is 0 Å². The number of nitrogens with one attached hydrogen (secondary N) is 1. The third kappa shape index (κ3) is 3.17. The Hall–Kier alpha value is -0.470. The van der Waals surface area contributed by atoms with Gasteiger partial charge in [-0.3, -0.25) is 0 Å². The van der Waals surface area contributed by atoms with Gasteiger partial charge in [-0.05, 0) is 36.3 Å². The van der Waals surface area contributed by atoms with Crippen molar-refractivity contribution in [1.29, 1.82) is 0 Å². The van der Waals surface area contributed by atoms with Crippen LogP contribution in [0.3, 0.4) is 0 Å². The first-order chi connectivity index (χ1) is 9.14. The molecule has 0 amide bonds. The molecule has 1 aliphatic carbocycles. The maximum absolute atomic E-state index is 3.85. The summed E-state index contributed by atoms with van der Waals surface area (Å²) >= 11 is 2.02. The first-order valence-electron chi connectivity index (χ1n) is 7.59. The average molecular weight is 275 g/mol. The monoisotopic (exact) mass is 275 g/mol. The van der Waals surface area contributed by atoms with Crippen LogP contribution in [0.2, 0.25) is 0 Å². The van der Waals surface area contributed by atoms with Gasteiger partial charge in [0.2, 0.25) is 0 Å². The van der Waals surface area contributed by atoms with Gasteiger partial charge in [-0.2, -0.15) is 0 Å². The standard InChI is InChI=1S/C17H25NS/c1-17(2)9-5-6-14(10-17)18-11-13-12-19-16-8-4-3-7-15(13)16/h3-4,7-8,13-14,18H,5-6,9-12H2,1-2H3. The SMILES string of the molecule is CC1(C)CCCC(NCC2CSc3ccccc32)C1. The van der Waals surface area contributed by atoms with Crippen molar-refractivity contribution >= 4 is 11.8 Å². The maximum atomic E-state index is 3.85. The zero-order valence-electron chi connectivity index (χ0n) is 12.1. The Kier molecular flexibility index (Phi) is 3.91. The van der Waals surface area contributed by atoms with Gasteiger partial charge in [0.05, 0.1) is 0 Å². The Bertz CT molecular complexity index is 441. The molecule has 0 radical (unpaired) electrons. The summed E-state index contributed by atoms with van der Waals surface area (Å²) in [5, 5.41) is 3.85. The highest BCUT2D eigenvalue weighted by atomic mass is 32.2. The van der Waals surface area contributed by atoms with E-state index in [2.05, 4.69) is 43.4 Å². The van der Waals surface area contributed by atoms with Crippen LogP contribution in [0.15, 0.2) is 29.2 Å². The molecular weight excluding hydrogens is 250 g/mol. The summed E-state index contributed by atoms with van der Waals surface area (Å²) in [5.74, 6) is 1.97. The second-order valence-corrected chi connectivity index (χ2v) is 7.97. The van der Waals surface area contributed by atoms with Crippen LogP contribution in [0.5, 0.6) is 0 Å². The Morgan fingerprint density at radius 1 is 1.32 bits per heavy atom. The van der Waals surface area contributed by atoms with Crippen molar-refractivity contribution < 1.29 is 0 Å². The van der Waals surface area contributed by atoms with Gasteiger partial charge in [-0.15, -0.1) is 11.8 Å². The fraction of sp³-hybridized carbons (Fsp3) is 0.647. The lowest BCUT2D eigenvalue weighted by atomic mass is 9.75. The molecule has 1 aromatic rings. The lowest BCUT2D eigenvalue weighted by Crippen LogP contribution is -2.39. The van der Waals surface area contributed by atoms with Crippen molar-refractivity contribution in [2.45, 2.75) is 56.4 Å². The van der Waals surface area contributed by atoms with Gasteiger partial charge < -0.3 is 5.32 Å². The Morgan fingerprint density at radius 3 is 3.00 bits per heavy atom. The van der Waals surface area contributed by atoms with Gasteiger partial charge in [-0.25, -0.2) is 0 Å². The summed E-state index contributed by atoms with van der Waals surface area (Å²) in [4.78, 5) is 1.50. The van der Waals surface area contributed by atoms with Crippen LogP contribution >= 0.6 is 11.8 Å². The molecule has 2 aliphatic rings. The number of hydrogen-bond acceptors (Lipinski definition) is 2. The van der Waals surface area contributed by atoms with E-state index in [0.29, 0.717) is 11.3 Å². The molecule has 1 aliphatic heterocycles. The van der Waals surface area contributed by atoms with Gasteiger partial charge in [0.15, 0.2) is 0 Å². The minimum Gasteiger partial charge on any atom is -0.313 e. The van der Waals surface area contributed by atoms with E-state index in [1.165, 1.54) is 36.3 Å². The van der Waals surface area contributed by atoms with Crippen LogP contribution in [-0.2, 0) is 0 Å². The van der Waals surface area contributed by atoms with E-state index >= 15 is 0 Å². The molecule has 1 saturated carbocycles. The Balaban J connectivity index is 1.56. The van der Waals surface area contributed by atoms with Gasteiger partial charge in [0.25, 0.3) is 0 Å². The molecule has 0 bridgehead atoms. The van der Waals surface area contributed by atoms with Crippen LogP contribution in [0.25, 0.3) is 0 Å². The van der Waals surface area contributed by atoms with Crippen molar-refractivity contribution in [2.75, 3.05) is 12.3 Å². The molecule has 1 nitrogen and oxygen atoms in total. The molecule has 0 saturated heterocycles. The van der Waals surface area contributed by atoms with Crippen molar-refractivity contribution in [3.05, 3.63) is 29.8 Å². The molecule has 1 N–H and O–H groups in total. The van der Waals surface area contributed by atoms with Crippen LogP contribution < -0.4 is 5.32 Å². The molecular formula is C17H25NS. The Morgan fingerprint density at radius 2 is 2.16 bits per heavy atom. The maximum Gasteiger partial charge on any atom is 0.0108 e.